The summed E-state index contributed by atoms with van der Waals surface area (Å²) >= 11 is 0. The SMILES string of the molecule is COC(=O)CCCN(C)c1ccc2c(c1)C[C@H]1C=Nc3cc(O)c(OC)cc3C(=O)N21. The van der Waals surface area contributed by atoms with E-state index < -0.39 is 0 Å². The molecule has 31 heavy (non-hydrogen) atoms. The molecule has 162 valence electrons. The van der Waals surface area contributed by atoms with Gasteiger partial charge in [0.2, 0.25) is 0 Å². The van der Waals surface area contributed by atoms with Gasteiger partial charge in [0.05, 0.1) is 31.5 Å². The second kappa shape index (κ2) is 8.29. The minimum absolute atomic E-state index is 0.0477. The largest absolute Gasteiger partial charge is 0.504 e. The van der Waals surface area contributed by atoms with E-state index in [1.165, 1.54) is 26.4 Å². The Morgan fingerprint density at radius 2 is 2.10 bits per heavy atom. The Bertz CT molecular complexity index is 1070. The smallest absolute Gasteiger partial charge is 0.305 e. The van der Waals surface area contributed by atoms with Crippen LogP contribution in [-0.4, -0.2) is 57.1 Å². The van der Waals surface area contributed by atoms with Crippen LogP contribution in [0.25, 0.3) is 0 Å². The number of aromatic hydroxyl groups is 1. The first kappa shape index (κ1) is 20.7. The Morgan fingerprint density at radius 1 is 1.29 bits per heavy atom. The lowest BCUT2D eigenvalue weighted by atomic mass is 10.1. The maximum atomic E-state index is 13.4. The molecule has 0 aliphatic carbocycles. The molecule has 8 nitrogen and oxygen atoms in total. The van der Waals surface area contributed by atoms with Crippen molar-refractivity contribution in [3.05, 3.63) is 41.5 Å². The highest BCUT2D eigenvalue weighted by Gasteiger charge is 2.36. The third-order valence-corrected chi connectivity index (χ3v) is 5.76. The number of ether oxygens (including phenoxy) is 2. The molecule has 1 atom stereocenters. The van der Waals surface area contributed by atoms with Crippen LogP contribution in [0.5, 0.6) is 11.5 Å². The van der Waals surface area contributed by atoms with Gasteiger partial charge in [0.15, 0.2) is 11.5 Å². The Morgan fingerprint density at radius 3 is 2.84 bits per heavy atom. The van der Waals surface area contributed by atoms with Crippen LogP contribution in [0.4, 0.5) is 17.1 Å². The summed E-state index contributed by atoms with van der Waals surface area (Å²) in [5.74, 6) is -0.190. The highest BCUT2D eigenvalue weighted by molar-refractivity contribution is 6.14. The minimum Gasteiger partial charge on any atom is -0.504 e. The van der Waals surface area contributed by atoms with Crippen molar-refractivity contribution in [1.29, 1.82) is 0 Å². The van der Waals surface area contributed by atoms with Crippen LogP contribution in [0.3, 0.4) is 0 Å². The molecule has 0 unspecified atom stereocenters. The molecule has 1 amide bonds. The number of aliphatic imine (C=N–C) groups is 1. The van der Waals surface area contributed by atoms with E-state index >= 15 is 0 Å². The van der Waals surface area contributed by atoms with Gasteiger partial charge >= 0.3 is 5.97 Å². The molecule has 0 spiro atoms. The summed E-state index contributed by atoms with van der Waals surface area (Å²) in [5.41, 5.74) is 3.77. The fraction of sp³-hybridized carbons (Fsp3) is 0.348. The highest BCUT2D eigenvalue weighted by Crippen LogP contribution is 2.41. The number of phenolic OH excluding ortho intramolecular Hbond substituents is 1. The van der Waals surface area contributed by atoms with Gasteiger partial charge in [0.1, 0.15) is 0 Å². The van der Waals surface area contributed by atoms with Crippen molar-refractivity contribution < 1.29 is 24.2 Å². The maximum absolute atomic E-state index is 13.4. The summed E-state index contributed by atoms with van der Waals surface area (Å²) in [7, 11) is 4.82. The number of esters is 1. The van der Waals surface area contributed by atoms with Gasteiger partial charge in [0, 0.05) is 50.1 Å². The second-order valence-electron chi connectivity index (χ2n) is 7.68. The second-order valence-corrected chi connectivity index (χ2v) is 7.68. The third kappa shape index (κ3) is 3.81. The predicted molar refractivity (Wildman–Crippen MR) is 118 cm³/mol. The Kier molecular flexibility index (Phi) is 5.54. The molecular weight excluding hydrogens is 398 g/mol. The fourth-order valence-electron chi connectivity index (χ4n) is 4.07. The number of anilines is 2. The molecule has 0 fully saturated rings. The van der Waals surface area contributed by atoms with Crippen molar-refractivity contribution in [2.24, 2.45) is 4.99 Å². The summed E-state index contributed by atoms with van der Waals surface area (Å²) < 4.78 is 9.86. The van der Waals surface area contributed by atoms with E-state index in [9.17, 15) is 14.7 Å². The number of nitrogens with zero attached hydrogens (tertiary/aromatic N) is 3. The maximum Gasteiger partial charge on any atom is 0.305 e. The number of hydrogen-bond acceptors (Lipinski definition) is 7. The molecule has 2 aromatic carbocycles. The van der Waals surface area contributed by atoms with Crippen molar-refractivity contribution in [2.45, 2.75) is 25.3 Å². The van der Waals surface area contributed by atoms with Gasteiger partial charge in [0.25, 0.3) is 5.91 Å². The van der Waals surface area contributed by atoms with Gasteiger partial charge in [-0.2, -0.15) is 0 Å². The zero-order chi connectivity index (χ0) is 22.1. The number of benzene rings is 2. The topological polar surface area (TPSA) is 91.7 Å². The number of rotatable bonds is 6. The van der Waals surface area contributed by atoms with Gasteiger partial charge in [-0.1, -0.05) is 0 Å². The van der Waals surface area contributed by atoms with Crippen molar-refractivity contribution in [1.82, 2.24) is 0 Å². The molecule has 0 bridgehead atoms. The van der Waals surface area contributed by atoms with E-state index in [-0.39, 0.29) is 29.4 Å². The molecule has 2 aliphatic rings. The number of amides is 1. The Balaban J connectivity index is 1.58. The van der Waals surface area contributed by atoms with Crippen LogP contribution in [0.1, 0.15) is 28.8 Å². The summed E-state index contributed by atoms with van der Waals surface area (Å²) in [4.78, 5) is 33.0. The molecule has 0 aromatic heterocycles. The van der Waals surface area contributed by atoms with Crippen LogP contribution in [-0.2, 0) is 16.0 Å². The van der Waals surface area contributed by atoms with E-state index in [0.29, 0.717) is 30.5 Å². The lowest BCUT2D eigenvalue weighted by molar-refractivity contribution is -0.140. The standard InChI is InChI=1S/C23H25N3O5/c1-25(8-4-5-22(28)31-3)15-6-7-19-14(9-15)10-16-13-24-18-12-20(27)21(30-2)11-17(18)23(29)26(16)19/h6-7,9,11-13,16,27H,4-5,8,10H2,1-3H3/t16-/m0/s1. The molecule has 1 N–H and O–H groups in total. The van der Waals surface area contributed by atoms with Crippen LogP contribution in [0, 0.1) is 0 Å². The predicted octanol–water partition coefficient (Wildman–Crippen LogP) is 3.08. The van der Waals surface area contributed by atoms with Crippen LogP contribution in [0.15, 0.2) is 35.3 Å². The average molecular weight is 423 g/mol. The van der Waals surface area contributed by atoms with Crippen LogP contribution < -0.4 is 14.5 Å². The number of carbonyl (C=O) groups excluding carboxylic acids is 2. The molecule has 4 rings (SSSR count). The first-order valence-corrected chi connectivity index (χ1v) is 10.1. The van der Waals surface area contributed by atoms with Crippen molar-refractivity contribution in [3.8, 4) is 11.5 Å². The molecular formula is C23H25N3O5. The highest BCUT2D eigenvalue weighted by atomic mass is 16.5. The number of hydrogen-bond donors (Lipinski definition) is 1. The van der Waals surface area contributed by atoms with Gasteiger partial charge in [-0.05, 0) is 36.2 Å². The number of phenols is 1. The van der Waals surface area contributed by atoms with Gasteiger partial charge in [-0.25, -0.2) is 0 Å². The van der Waals surface area contributed by atoms with Crippen molar-refractivity contribution in [3.63, 3.8) is 0 Å². The van der Waals surface area contributed by atoms with Crippen LogP contribution >= 0.6 is 0 Å². The first-order chi connectivity index (χ1) is 14.9. The van der Waals surface area contributed by atoms with Gasteiger partial charge in [-0.3, -0.25) is 19.5 Å². The molecule has 2 aromatic rings. The molecule has 2 aliphatic heterocycles. The van der Waals surface area contributed by atoms with E-state index in [0.717, 1.165) is 23.5 Å². The molecule has 0 radical (unpaired) electrons. The van der Waals surface area contributed by atoms with Crippen LogP contribution in [0.2, 0.25) is 0 Å². The van der Waals surface area contributed by atoms with Gasteiger partial charge < -0.3 is 19.5 Å². The zero-order valence-corrected chi connectivity index (χ0v) is 17.8. The van der Waals surface area contributed by atoms with Crippen molar-refractivity contribution >= 4 is 35.2 Å². The number of methoxy groups -OCH3 is 2. The molecule has 0 saturated carbocycles. The summed E-state index contributed by atoms with van der Waals surface area (Å²) in [6, 6.07) is 8.82. The monoisotopic (exact) mass is 423 g/mol. The quantitative estimate of drug-likeness (QED) is 0.718. The minimum atomic E-state index is -0.210. The zero-order valence-electron chi connectivity index (χ0n) is 17.8. The molecule has 2 heterocycles. The summed E-state index contributed by atoms with van der Waals surface area (Å²) in [6.07, 6.45) is 3.50. The Labute approximate surface area is 180 Å². The lowest BCUT2D eigenvalue weighted by Gasteiger charge is -2.23. The lowest BCUT2D eigenvalue weighted by Crippen LogP contribution is -2.37. The average Bonchev–Trinajstić information content (AvgIpc) is 3.08. The van der Waals surface area contributed by atoms with Crippen molar-refractivity contribution in [2.75, 3.05) is 37.6 Å². The molecule has 8 heteroatoms. The fourth-order valence-corrected chi connectivity index (χ4v) is 4.07. The Hall–Kier alpha value is -3.55. The number of carbonyl (C=O) groups is 2. The van der Waals surface area contributed by atoms with E-state index in [1.807, 2.05) is 19.2 Å². The van der Waals surface area contributed by atoms with Gasteiger partial charge in [-0.15, -0.1) is 0 Å². The third-order valence-electron chi connectivity index (χ3n) is 5.76. The summed E-state index contributed by atoms with van der Waals surface area (Å²) in [5, 5.41) is 10.0. The van der Waals surface area contributed by atoms with E-state index in [2.05, 4.69) is 20.7 Å². The molecule has 0 saturated heterocycles. The number of fused-ring (bicyclic) bond motifs is 4. The van der Waals surface area contributed by atoms with E-state index in [1.54, 1.807) is 11.1 Å². The normalized spacial score (nSPS) is 16.3. The van der Waals surface area contributed by atoms with E-state index in [4.69, 9.17) is 4.74 Å². The summed E-state index contributed by atoms with van der Waals surface area (Å²) in [6.45, 7) is 0.720. The first-order valence-electron chi connectivity index (χ1n) is 10.1.